The van der Waals surface area contributed by atoms with E-state index in [0.29, 0.717) is 6.61 Å². The third kappa shape index (κ3) is 2.67. The fourth-order valence-corrected chi connectivity index (χ4v) is 1.48. The van der Waals surface area contributed by atoms with E-state index in [1.807, 2.05) is 26.1 Å². The van der Waals surface area contributed by atoms with Gasteiger partial charge in [-0.05, 0) is 45.5 Å². The van der Waals surface area contributed by atoms with Crippen molar-refractivity contribution in [3.05, 3.63) is 23.8 Å². The minimum atomic E-state index is -0.0713. The van der Waals surface area contributed by atoms with Crippen molar-refractivity contribution < 1.29 is 9.47 Å². The Morgan fingerprint density at radius 1 is 1.25 bits per heavy atom. The predicted octanol–water partition coefficient (Wildman–Crippen LogP) is 2.55. The standard InChI is InChI=1S/C13H21NO2/c1-6-16-12-9-10(13(2,3)14-4)7-8-11(12)15-5/h7-9,14H,6H2,1-5H3. The largest absolute Gasteiger partial charge is 0.493 e. The molecule has 0 aliphatic carbocycles. The van der Waals surface area contributed by atoms with Gasteiger partial charge >= 0.3 is 0 Å². The third-order valence-corrected chi connectivity index (χ3v) is 2.81. The Bertz CT molecular complexity index is 348. The van der Waals surface area contributed by atoms with Crippen LogP contribution in [-0.4, -0.2) is 20.8 Å². The first kappa shape index (κ1) is 12.8. The van der Waals surface area contributed by atoms with E-state index in [-0.39, 0.29) is 5.54 Å². The lowest BCUT2D eigenvalue weighted by atomic mass is 9.94. The van der Waals surface area contributed by atoms with Crippen molar-refractivity contribution in [3.8, 4) is 11.5 Å². The molecule has 0 fully saturated rings. The van der Waals surface area contributed by atoms with Crippen LogP contribution in [0.5, 0.6) is 11.5 Å². The molecule has 3 nitrogen and oxygen atoms in total. The van der Waals surface area contributed by atoms with E-state index < -0.39 is 0 Å². The van der Waals surface area contributed by atoms with Crippen LogP contribution in [-0.2, 0) is 5.54 Å². The molecule has 0 bridgehead atoms. The second-order valence-corrected chi connectivity index (χ2v) is 4.17. The smallest absolute Gasteiger partial charge is 0.161 e. The topological polar surface area (TPSA) is 30.5 Å². The van der Waals surface area contributed by atoms with Crippen molar-refractivity contribution in [1.82, 2.24) is 5.32 Å². The summed E-state index contributed by atoms with van der Waals surface area (Å²) in [5.74, 6) is 1.57. The van der Waals surface area contributed by atoms with Gasteiger partial charge in [0, 0.05) is 5.54 Å². The molecule has 0 aromatic heterocycles. The van der Waals surface area contributed by atoms with Gasteiger partial charge < -0.3 is 14.8 Å². The lowest BCUT2D eigenvalue weighted by Gasteiger charge is -2.25. The Morgan fingerprint density at radius 2 is 1.94 bits per heavy atom. The lowest BCUT2D eigenvalue weighted by Crippen LogP contribution is -2.33. The Labute approximate surface area is 97.8 Å². The Balaban J connectivity index is 3.11. The summed E-state index contributed by atoms with van der Waals surface area (Å²) in [7, 11) is 3.60. The maximum absolute atomic E-state index is 5.56. The monoisotopic (exact) mass is 223 g/mol. The first-order chi connectivity index (χ1) is 7.55. The molecule has 90 valence electrons. The minimum absolute atomic E-state index is 0.0713. The summed E-state index contributed by atoms with van der Waals surface area (Å²) in [5.41, 5.74) is 1.11. The van der Waals surface area contributed by atoms with Crippen LogP contribution in [0.15, 0.2) is 18.2 Å². The predicted molar refractivity (Wildman–Crippen MR) is 66.2 cm³/mol. The summed E-state index contributed by atoms with van der Waals surface area (Å²) < 4.78 is 10.8. The van der Waals surface area contributed by atoms with E-state index in [0.717, 1.165) is 11.5 Å². The number of rotatable bonds is 5. The lowest BCUT2D eigenvalue weighted by molar-refractivity contribution is 0.309. The van der Waals surface area contributed by atoms with E-state index in [1.165, 1.54) is 5.56 Å². The average Bonchev–Trinajstić information content (AvgIpc) is 2.29. The maximum atomic E-state index is 5.56. The highest BCUT2D eigenvalue weighted by Crippen LogP contribution is 2.32. The molecule has 3 heteroatoms. The van der Waals surface area contributed by atoms with Gasteiger partial charge in [-0.2, -0.15) is 0 Å². The number of nitrogens with one attached hydrogen (secondary N) is 1. The zero-order valence-electron chi connectivity index (χ0n) is 10.8. The van der Waals surface area contributed by atoms with Gasteiger partial charge in [-0.25, -0.2) is 0 Å². The van der Waals surface area contributed by atoms with Crippen LogP contribution in [0.2, 0.25) is 0 Å². The Kier molecular flexibility index (Phi) is 4.19. The van der Waals surface area contributed by atoms with Gasteiger partial charge in [0.25, 0.3) is 0 Å². The Hall–Kier alpha value is -1.22. The second kappa shape index (κ2) is 5.21. The van der Waals surface area contributed by atoms with Crippen LogP contribution in [0.3, 0.4) is 0 Å². The zero-order valence-corrected chi connectivity index (χ0v) is 10.8. The summed E-state index contributed by atoms with van der Waals surface area (Å²) in [6, 6.07) is 6.02. The summed E-state index contributed by atoms with van der Waals surface area (Å²) >= 11 is 0. The second-order valence-electron chi connectivity index (χ2n) is 4.17. The van der Waals surface area contributed by atoms with Gasteiger partial charge in [0.1, 0.15) is 0 Å². The van der Waals surface area contributed by atoms with Crippen molar-refractivity contribution in [1.29, 1.82) is 0 Å². The normalized spacial score (nSPS) is 11.3. The van der Waals surface area contributed by atoms with E-state index in [4.69, 9.17) is 9.47 Å². The number of ether oxygens (including phenoxy) is 2. The molecule has 1 rings (SSSR count). The molecule has 0 saturated heterocycles. The molecule has 0 saturated carbocycles. The van der Waals surface area contributed by atoms with Crippen LogP contribution < -0.4 is 14.8 Å². The number of benzene rings is 1. The van der Waals surface area contributed by atoms with E-state index in [9.17, 15) is 0 Å². The van der Waals surface area contributed by atoms with Crippen molar-refractivity contribution in [2.24, 2.45) is 0 Å². The molecular weight excluding hydrogens is 202 g/mol. The molecule has 0 amide bonds. The van der Waals surface area contributed by atoms with E-state index in [1.54, 1.807) is 7.11 Å². The molecule has 0 heterocycles. The Morgan fingerprint density at radius 3 is 2.44 bits per heavy atom. The van der Waals surface area contributed by atoms with Crippen LogP contribution in [0, 0.1) is 0 Å². The van der Waals surface area contributed by atoms with Crippen molar-refractivity contribution in [2.75, 3.05) is 20.8 Å². The van der Waals surface area contributed by atoms with Gasteiger partial charge in [0.05, 0.1) is 13.7 Å². The number of hydrogen-bond acceptors (Lipinski definition) is 3. The molecule has 0 aliphatic heterocycles. The number of hydrogen-bond donors (Lipinski definition) is 1. The van der Waals surface area contributed by atoms with E-state index in [2.05, 4.69) is 25.2 Å². The molecule has 0 unspecified atom stereocenters. The first-order valence-electron chi connectivity index (χ1n) is 5.55. The van der Waals surface area contributed by atoms with Crippen molar-refractivity contribution in [2.45, 2.75) is 26.3 Å². The summed E-state index contributed by atoms with van der Waals surface area (Å²) in [6.45, 7) is 6.87. The molecule has 0 spiro atoms. The fraction of sp³-hybridized carbons (Fsp3) is 0.538. The van der Waals surface area contributed by atoms with Crippen LogP contribution in [0.25, 0.3) is 0 Å². The molecular formula is C13H21NO2. The molecule has 1 aromatic carbocycles. The SMILES string of the molecule is CCOc1cc(C(C)(C)NC)ccc1OC. The molecule has 1 N–H and O–H groups in total. The summed E-state index contributed by atoms with van der Waals surface area (Å²) in [6.07, 6.45) is 0. The number of methoxy groups -OCH3 is 1. The average molecular weight is 223 g/mol. The van der Waals surface area contributed by atoms with Gasteiger partial charge in [-0.15, -0.1) is 0 Å². The quantitative estimate of drug-likeness (QED) is 0.832. The summed E-state index contributed by atoms with van der Waals surface area (Å²) in [4.78, 5) is 0. The van der Waals surface area contributed by atoms with Crippen molar-refractivity contribution >= 4 is 0 Å². The molecule has 16 heavy (non-hydrogen) atoms. The highest BCUT2D eigenvalue weighted by atomic mass is 16.5. The highest BCUT2D eigenvalue weighted by Gasteiger charge is 2.19. The van der Waals surface area contributed by atoms with E-state index >= 15 is 0 Å². The van der Waals surface area contributed by atoms with Crippen molar-refractivity contribution in [3.63, 3.8) is 0 Å². The maximum Gasteiger partial charge on any atom is 0.161 e. The zero-order chi connectivity index (χ0) is 12.2. The first-order valence-corrected chi connectivity index (χ1v) is 5.55. The van der Waals surface area contributed by atoms with Gasteiger partial charge in [0.2, 0.25) is 0 Å². The van der Waals surface area contributed by atoms with Crippen LogP contribution in [0.1, 0.15) is 26.3 Å². The van der Waals surface area contributed by atoms with Crippen LogP contribution >= 0.6 is 0 Å². The highest BCUT2D eigenvalue weighted by molar-refractivity contribution is 5.44. The molecule has 1 aromatic rings. The fourth-order valence-electron chi connectivity index (χ4n) is 1.48. The third-order valence-electron chi connectivity index (χ3n) is 2.81. The van der Waals surface area contributed by atoms with Gasteiger partial charge in [-0.1, -0.05) is 6.07 Å². The molecule has 0 aliphatic rings. The van der Waals surface area contributed by atoms with Gasteiger partial charge in [-0.3, -0.25) is 0 Å². The van der Waals surface area contributed by atoms with Gasteiger partial charge in [0.15, 0.2) is 11.5 Å². The van der Waals surface area contributed by atoms with Crippen LogP contribution in [0.4, 0.5) is 0 Å². The molecule has 0 atom stereocenters. The summed E-state index contributed by atoms with van der Waals surface area (Å²) in [5, 5.41) is 3.27. The minimum Gasteiger partial charge on any atom is -0.493 e. The molecule has 0 radical (unpaired) electrons.